The molecule has 0 N–H and O–H groups in total. The van der Waals surface area contributed by atoms with Gasteiger partial charge >= 0.3 is 0 Å². The lowest BCUT2D eigenvalue weighted by atomic mass is 9.40. The van der Waals surface area contributed by atoms with Crippen LogP contribution in [0.25, 0.3) is 0 Å². The van der Waals surface area contributed by atoms with Gasteiger partial charge in [-0.3, -0.25) is 9.48 Å². The number of carbonyl (C=O) groups excluding carboxylic acids is 1. The first kappa shape index (κ1) is 16.2. The lowest BCUT2D eigenvalue weighted by molar-refractivity contribution is -0.178. The van der Waals surface area contributed by atoms with Crippen molar-refractivity contribution in [3.63, 3.8) is 0 Å². The Balaban J connectivity index is 1.57. The molecule has 0 spiro atoms. The van der Waals surface area contributed by atoms with Crippen molar-refractivity contribution < 1.29 is 4.79 Å². The van der Waals surface area contributed by atoms with E-state index in [-0.39, 0.29) is 5.41 Å². The Hall–Kier alpha value is -1.32. The second-order valence-electron chi connectivity index (χ2n) is 9.71. The molecular weight excluding hydrogens is 298 g/mol. The predicted molar refractivity (Wildman–Crippen MR) is 94.2 cm³/mol. The molecule has 4 saturated carbocycles. The number of aryl methyl sites for hydroxylation is 1. The first-order chi connectivity index (χ1) is 11.3. The molecule has 4 heteroatoms. The maximum atomic E-state index is 13.5. The fraction of sp³-hybridized carbons (Fsp3) is 0.800. The minimum absolute atomic E-state index is 0.102. The van der Waals surface area contributed by atoms with Gasteiger partial charge in [0.25, 0.3) is 0 Å². The molecule has 2 atom stereocenters. The van der Waals surface area contributed by atoms with E-state index < -0.39 is 0 Å². The molecule has 4 aliphatic carbocycles. The third-order valence-corrected chi connectivity index (χ3v) is 6.93. The van der Waals surface area contributed by atoms with Crippen molar-refractivity contribution in [2.75, 3.05) is 7.05 Å². The van der Waals surface area contributed by atoms with Gasteiger partial charge < -0.3 is 4.90 Å². The minimum Gasteiger partial charge on any atom is -0.339 e. The molecular formula is C20H31N3O. The predicted octanol–water partition coefficient (Wildman–Crippen LogP) is 3.86. The molecule has 1 heterocycles. The van der Waals surface area contributed by atoms with Gasteiger partial charge in [-0.05, 0) is 68.3 Å². The molecule has 4 bridgehead atoms. The van der Waals surface area contributed by atoms with Crippen LogP contribution in [0.1, 0.15) is 65.0 Å². The Morgan fingerprint density at radius 1 is 1.25 bits per heavy atom. The smallest absolute Gasteiger partial charge is 0.228 e. The first-order valence-electron chi connectivity index (χ1n) is 9.53. The van der Waals surface area contributed by atoms with Crippen LogP contribution in [0.5, 0.6) is 0 Å². The summed E-state index contributed by atoms with van der Waals surface area (Å²) in [5, 5.41) is 4.34. The molecule has 0 saturated heterocycles. The first-order valence-corrected chi connectivity index (χ1v) is 9.53. The summed E-state index contributed by atoms with van der Waals surface area (Å²) < 4.78 is 1.99. The van der Waals surface area contributed by atoms with Crippen LogP contribution >= 0.6 is 0 Å². The maximum absolute atomic E-state index is 13.5. The summed E-state index contributed by atoms with van der Waals surface area (Å²) in [5.41, 5.74) is 1.80. The fourth-order valence-electron chi connectivity index (χ4n) is 7.18. The molecule has 0 radical (unpaired) electrons. The van der Waals surface area contributed by atoms with Gasteiger partial charge in [0, 0.05) is 19.8 Å². The molecule has 24 heavy (non-hydrogen) atoms. The number of rotatable bonds is 4. The van der Waals surface area contributed by atoms with E-state index in [1.165, 1.54) is 19.3 Å². The summed E-state index contributed by atoms with van der Waals surface area (Å²) in [7, 11) is 1.98. The highest BCUT2D eigenvalue weighted by atomic mass is 16.2. The zero-order chi connectivity index (χ0) is 17.2. The largest absolute Gasteiger partial charge is 0.339 e. The van der Waals surface area contributed by atoms with E-state index in [0.717, 1.165) is 37.4 Å². The Bertz CT molecular complexity index is 646. The minimum atomic E-state index is -0.102. The summed E-state index contributed by atoms with van der Waals surface area (Å²) in [4.78, 5) is 15.5. The third kappa shape index (κ3) is 2.41. The fourth-order valence-corrected chi connectivity index (χ4v) is 7.18. The quantitative estimate of drug-likeness (QED) is 0.841. The highest BCUT2D eigenvalue weighted by Gasteiger charge is 2.63. The van der Waals surface area contributed by atoms with Crippen LogP contribution in [-0.4, -0.2) is 27.6 Å². The van der Waals surface area contributed by atoms with Gasteiger partial charge in [0.1, 0.15) is 0 Å². The molecule has 4 aliphatic rings. The van der Waals surface area contributed by atoms with Crippen molar-refractivity contribution in [3.8, 4) is 0 Å². The van der Waals surface area contributed by atoms with Crippen LogP contribution in [0, 0.1) is 22.2 Å². The average molecular weight is 329 g/mol. The van der Waals surface area contributed by atoms with Crippen LogP contribution < -0.4 is 0 Å². The van der Waals surface area contributed by atoms with Crippen LogP contribution in [0.4, 0.5) is 0 Å². The standard InChI is InChI=1S/C20H31N3O/c1-5-23-16(6-7-21-23)11-22(4)17(24)20-10-15-8-18(2,13-20)12-19(3,9-15)14-20/h6-7,15H,5,8-14H2,1-4H3/t15?,18-,19-,20?/m0/s1. The molecule has 5 rings (SSSR count). The van der Waals surface area contributed by atoms with Crippen molar-refractivity contribution in [2.45, 2.75) is 72.4 Å². The van der Waals surface area contributed by atoms with Crippen molar-refractivity contribution in [1.29, 1.82) is 0 Å². The van der Waals surface area contributed by atoms with Crippen LogP contribution in [-0.2, 0) is 17.9 Å². The Morgan fingerprint density at radius 2 is 1.92 bits per heavy atom. The summed E-state index contributed by atoms with van der Waals surface area (Å²) >= 11 is 0. The molecule has 0 aliphatic heterocycles. The van der Waals surface area contributed by atoms with Crippen LogP contribution in [0.2, 0.25) is 0 Å². The molecule has 4 fully saturated rings. The van der Waals surface area contributed by atoms with Crippen molar-refractivity contribution in [3.05, 3.63) is 18.0 Å². The van der Waals surface area contributed by atoms with Crippen molar-refractivity contribution >= 4 is 5.91 Å². The highest BCUT2D eigenvalue weighted by Crippen LogP contribution is 2.69. The Morgan fingerprint density at radius 3 is 2.50 bits per heavy atom. The van der Waals surface area contributed by atoms with E-state index in [2.05, 4.69) is 25.9 Å². The van der Waals surface area contributed by atoms with Gasteiger partial charge in [-0.25, -0.2) is 0 Å². The van der Waals surface area contributed by atoms with Gasteiger partial charge in [0.05, 0.1) is 17.7 Å². The maximum Gasteiger partial charge on any atom is 0.228 e. The van der Waals surface area contributed by atoms with E-state index in [1.807, 2.05) is 28.9 Å². The Labute approximate surface area is 145 Å². The van der Waals surface area contributed by atoms with Gasteiger partial charge in [-0.1, -0.05) is 13.8 Å². The van der Waals surface area contributed by atoms with Crippen LogP contribution in [0.3, 0.4) is 0 Å². The summed E-state index contributed by atoms with van der Waals surface area (Å²) in [6.07, 6.45) is 9.15. The van der Waals surface area contributed by atoms with Gasteiger partial charge in [0.15, 0.2) is 0 Å². The van der Waals surface area contributed by atoms with E-state index in [9.17, 15) is 4.79 Å². The zero-order valence-electron chi connectivity index (χ0n) is 15.6. The second kappa shape index (κ2) is 5.09. The van der Waals surface area contributed by atoms with E-state index in [1.54, 1.807) is 0 Å². The Kier molecular flexibility index (Phi) is 3.43. The summed E-state index contributed by atoms with van der Waals surface area (Å²) in [5.74, 6) is 1.14. The lowest BCUT2D eigenvalue weighted by Crippen LogP contribution is -2.59. The molecule has 0 unspecified atom stereocenters. The van der Waals surface area contributed by atoms with Crippen LogP contribution in [0.15, 0.2) is 12.3 Å². The molecule has 1 amide bonds. The number of amides is 1. The summed E-state index contributed by atoms with van der Waals surface area (Å²) in [6, 6.07) is 2.04. The zero-order valence-corrected chi connectivity index (χ0v) is 15.6. The van der Waals surface area contributed by atoms with E-state index in [4.69, 9.17) is 0 Å². The number of nitrogens with zero attached hydrogens (tertiary/aromatic N) is 3. The number of hydrogen-bond acceptors (Lipinski definition) is 2. The normalized spacial score (nSPS) is 40.1. The summed E-state index contributed by atoms with van der Waals surface area (Å²) in [6.45, 7) is 8.49. The van der Waals surface area contributed by atoms with Gasteiger partial charge in [-0.15, -0.1) is 0 Å². The van der Waals surface area contributed by atoms with E-state index in [0.29, 0.717) is 23.3 Å². The number of carbonyl (C=O) groups is 1. The van der Waals surface area contributed by atoms with Gasteiger partial charge in [-0.2, -0.15) is 5.10 Å². The monoisotopic (exact) mass is 329 g/mol. The lowest BCUT2D eigenvalue weighted by Gasteiger charge is -2.65. The third-order valence-electron chi connectivity index (χ3n) is 6.93. The van der Waals surface area contributed by atoms with E-state index >= 15 is 0 Å². The molecule has 4 nitrogen and oxygen atoms in total. The number of hydrogen-bond donors (Lipinski definition) is 0. The topological polar surface area (TPSA) is 38.1 Å². The molecule has 132 valence electrons. The molecule has 1 aromatic heterocycles. The molecule has 0 aromatic carbocycles. The number of aromatic nitrogens is 2. The second-order valence-corrected chi connectivity index (χ2v) is 9.71. The SMILES string of the molecule is CCn1nccc1CN(C)C(=O)C12CC3C[C@](C)(C1)C[C@](C)(C3)C2. The van der Waals surface area contributed by atoms with Gasteiger partial charge in [0.2, 0.25) is 5.91 Å². The molecule has 1 aromatic rings. The highest BCUT2D eigenvalue weighted by molar-refractivity contribution is 5.83. The average Bonchev–Trinajstić information content (AvgIpc) is 2.89. The van der Waals surface area contributed by atoms with Crippen molar-refractivity contribution in [1.82, 2.24) is 14.7 Å². The van der Waals surface area contributed by atoms with Crippen molar-refractivity contribution in [2.24, 2.45) is 22.2 Å².